The molecule has 2 aromatic carbocycles. The number of benzene rings is 2. The molecular weight excluding hydrogens is 424 g/mol. The van der Waals surface area contributed by atoms with Crippen molar-refractivity contribution in [3.63, 3.8) is 0 Å². The summed E-state index contributed by atoms with van der Waals surface area (Å²) in [6.07, 6.45) is 1.53. The molecule has 0 aliphatic carbocycles. The van der Waals surface area contributed by atoms with Gasteiger partial charge in [0.1, 0.15) is 5.82 Å². The van der Waals surface area contributed by atoms with Crippen LogP contribution in [0.4, 0.5) is 11.5 Å². The summed E-state index contributed by atoms with van der Waals surface area (Å²) in [6.45, 7) is 2.03. The minimum Gasteiger partial charge on any atom is -0.493 e. The van der Waals surface area contributed by atoms with Gasteiger partial charge in [-0.05, 0) is 24.1 Å². The van der Waals surface area contributed by atoms with Crippen molar-refractivity contribution >= 4 is 17.4 Å². The number of nitrogen functional groups attached to an aromatic ring is 1. The first-order valence-corrected chi connectivity index (χ1v) is 10.7. The Balaban J connectivity index is 1.99. The smallest absolute Gasteiger partial charge is 0.330 e. The molecule has 1 amide bonds. The van der Waals surface area contributed by atoms with Crippen LogP contribution >= 0.6 is 0 Å². The van der Waals surface area contributed by atoms with Crippen molar-refractivity contribution < 1.29 is 14.3 Å². The topological polar surface area (TPSA) is 120 Å². The number of nitrogens with one attached hydrogen (secondary N) is 1. The molecule has 0 unspecified atom stereocenters. The lowest BCUT2D eigenvalue weighted by Gasteiger charge is -2.25. The molecule has 1 heterocycles. The van der Waals surface area contributed by atoms with E-state index < -0.39 is 17.2 Å². The summed E-state index contributed by atoms with van der Waals surface area (Å²) >= 11 is 0. The van der Waals surface area contributed by atoms with Crippen molar-refractivity contribution in [2.45, 2.75) is 32.9 Å². The first kappa shape index (κ1) is 23.6. The molecule has 33 heavy (non-hydrogen) atoms. The van der Waals surface area contributed by atoms with Crippen molar-refractivity contribution in [1.82, 2.24) is 9.55 Å². The third-order valence-electron chi connectivity index (χ3n) is 5.12. The van der Waals surface area contributed by atoms with Gasteiger partial charge in [-0.25, -0.2) is 4.79 Å². The second kappa shape index (κ2) is 11.0. The van der Waals surface area contributed by atoms with E-state index >= 15 is 0 Å². The van der Waals surface area contributed by atoms with Gasteiger partial charge in [0.05, 0.1) is 13.7 Å². The van der Waals surface area contributed by atoms with E-state index in [0.717, 1.165) is 12.0 Å². The number of nitrogens with two attached hydrogens (primary N) is 1. The van der Waals surface area contributed by atoms with Gasteiger partial charge in [-0.15, -0.1) is 0 Å². The van der Waals surface area contributed by atoms with E-state index in [1.165, 1.54) is 16.6 Å². The van der Waals surface area contributed by atoms with Crippen LogP contribution in [0.2, 0.25) is 0 Å². The minimum atomic E-state index is -0.730. The highest BCUT2D eigenvalue weighted by atomic mass is 16.5. The molecule has 0 bridgehead atoms. The molecule has 3 N–H and O–H groups in total. The largest absolute Gasteiger partial charge is 0.493 e. The third kappa shape index (κ3) is 5.62. The van der Waals surface area contributed by atoms with Crippen LogP contribution in [0.25, 0.3) is 0 Å². The maximum absolute atomic E-state index is 13.3. The molecule has 0 fully saturated rings. The van der Waals surface area contributed by atoms with Crippen LogP contribution in [-0.2, 0) is 17.9 Å². The number of methoxy groups -OCH3 is 1. The lowest BCUT2D eigenvalue weighted by atomic mass is 10.2. The summed E-state index contributed by atoms with van der Waals surface area (Å²) in [5.74, 6) is 0.314. The van der Waals surface area contributed by atoms with Crippen LogP contribution in [0.3, 0.4) is 0 Å². The number of unbranched alkanes of at least 4 members (excludes halogenated alkanes) is 1. The van der Waals surface area contributed by atoms with Crippen molar-refractivity contribution in [1.29, 1.82) is 0 Å². The van der Waals surface area contributed by atoms with Crippen LogP contribution in [0.1, 0.15) is 25.3 Å². The molecular formula is C24H28N4O5. The zero-order chi connectivity index (χ0) is 23.8. The number of para-hydroxylation sites is 2. The Morgan fingerprint density at radius 1 is 1.06 bits per heavy atom. The minimum absolute atomic E-state index is 0.0567. The Kier molecular flexibility index (Phi) is 7.91. The van der Waals surface area contributed by atoms with Crippen molar-refractivity contribution in [2.75, 3.05) is 24.4 Å². The van der Waals surface area contributed by atoms with Crippen LogP contribution in [0.15, 0.2) is 64.2 Å². The molecule has 0 spiro atoms. The highest BCUT2D eigenvalue weighted by Crippen LogP contribution is 2.26. The number of hydrogen-bond acceptors (Lipinski definition) is 6. The number of ether oxygens (including phenoxy) is 2. The summed E-state index contributed by atoms with van der Waals surface area (Å²) in [5, 5.41) is 0. The molecule has 3 aromatic rings. The number of hydrogen-bond donors (Lipinski definition) is 2. The fraction of sp³-hybridized carbons (Fsp3) is 0.292. The molecule has 0 saturated heterocycles. The number of carbonyl (C=O) groups excluding carboxylic acids is 1. The average Bonchev–Trinajstić information content (AvgIpc) is 2.82. The van der Waals surface area contributed by atoms with Gasteiger partial charge in [0.25, 0.3) is 11.5 Å². The molecule has 0 radical (unpaired) electrons. The van der Waals surface area contributed by atoms with E-state index in [0.29, 0.717) is 24.5 Å². The van der Waals surface area contributed by atoms with Crippen molar-refractivity contribution in [3.8, 4) is 11.5 Å². The molecule has 1 aromatic heterocycles. The third-order valence-corrected chi connectivity index (χ3v) is 5.12. The number of amides is 1. The zero-order valence-electron chi connectivity index (χ0n) is 18.7. The Bertz CT molecular complexity index is 1200. The molecule has 9 nitrogen and oxygen atoms in total. The van der Waals surface area contributed by atoms with Crippen molar-refractivity contribution in [3.05, 3.63) is 81.0 Å². The maximum Gasteiger partial charge on any atom is 0.330 e. The van der Waals surface area contributed by atoms with Gasteiger partial charge in [-0.3, -0.25) is 24.0 Å². The molecule has 0 saturated carbocycles. The van der Waals surface area contributed by atoms with Gasteiger partial charge in [0.15, 0.2) is 23.8 Å². The second-order valence-electron chi connectivity index (χ2n) is 7.40. The summed E-state index contributed by atoms with van der Waals surface area (Å²) < 4.78 is 12.2. The fourth-order valence-corrected chi connectivity index (χ4v) is 3.39. The Morgan fingerprint density at radius 3 is 2.39 bits per heavy atom. The van der Waals surface area contributed by atoms with Crippen LogP contribution in [0.5, 0.6) is 11.5 Å². The predicted octanol–water partition coefficient (Wildman–Crippen LogP) is 2.54. The number of aromatic amines is 1. The van der Waals surface area contributed by atoms with E-state index in [4.69, 9.17) is 15.2 Å². The number of rotatable bonds is 10. The van der Waals surface area contributed by atoms with E-state index in [1.54, 1.807) is 24.3 Å². The summed E-state index contributed by atoms with van der Waals surface area (Å²) in [6, 6.07) is 16.1. The summed E-state index contributed by atoms with van der Waals surface area (Å²) in [7, 11) is 1.51. The number of anilines is 2. The zero-order valence-corrected chi connectivity index (χ0v) is 18.7. The Hall–Kier alpha value is -4.01. The highest BCUT2D eigenvalue weighted by molar-refractivity contribution is 5.96. The number of carbonyl (C=O) groups is 1. The first-order valence-electron chi connectivity index (χ1n) is 10.7. The molecule has 174 valence electrons. The number of H-pyrrole nitrogens is 1. The quantitative estimate of drug-likeness (QED) is 0.488. The lowest BCUT2D eigenvalue weighted by molar-refractivity contribution is -0.120. The van der Waals surface area contributed by atoms with Crippen molar-refractivity contribution in [2.24, 2.45) is 0 Å². The summed E-state index contributed by atoms with van der Waals surface area (Å²) in [5.41, 5.74) is 5.63. The van der Waals surface area contributed by atoms with E-state index in [9.17, 15) is 14.4 Å². The monoisotopic (exact) mass is 452 g/mol. The second-order valence-corrected chi connectivity index (χ2v) is 7.40. The molecule has 0 aliphatic rings. The highest BCUT2D eigenvalue weighted by Gasteiger charge is 2.25. The average molecular weight is 453 g/mol. The maximum atomic E-state index is 13.3. The Morgan fingerprint density at radius 2 is 1.73 bits per heavy atom. The van der Waals surface area contributed by atoms with Gasteiger partial charge in [0.2, 0.25) is 0 Å². The van der Waals surface area contributed by atoms with Gasteiger partial charge >= 0.3 is 5.69 Å². The van der Waals surface area contributed by atoms with E-state index in [-0.39, 0.29) is 24.7 Å². The lowest BCUT2D eigenvalue weighted by Crippen LogP contribution is -2.42. The predicted molar refractivity (Wildman–Crippen MR) is 127 cm³/mol. The fourth-order valence-electron chi connectivity index (χ4n) is 3.39. The first-order chi connectivity index (χ1) is 16.0. The molecule has 9 heteroatoms. The SMILES string of the molecule is CCCCn1c(N)c(N(Cc2ccccc2)C(=O)COc2ccccc2OC)c(=O)[nH]c1=O. The van der Waals surface area contributed by atoms with Gasteiger partial charge < -0.3 is 15.2 Å². The molecule has 0 aliphatic heterocycles. The number of aromatic nitrogens is 2. The van der Waals surface area contributed by atoms with E-state index in [2.05, 4.69) is 4.98 Å². The van der Waals surface area contributed by atoms with Gasteiger partial charge in [-0.2, -0.15) is 0 Å². The number of nitrogens with zero attached hydrogens (tertiary/aromatic N) is 2. The van der Waals surface area contributed by atoms with Gasteiger partial charge in [0, 0.05) is 6.54 Å². The van der Waals surface area contributed by atoms with Crippen LogP contribution in [0, 0.1) is 0 Å². The van der Waals surface area contributed by atoms with Gasteiger partial charge in [-0.1, -0.05) is 55.8 Å². The van der Waals surface area contributed by atoms with E-state index in [1.807, 2.05) is 37.3 Å². The molecule has 0 atom stereocenters. The summed E-state index contributed by atoms with van der Waals surface area (Å²) in [4.78, 5) is 42.0. The molecule has 3 rings (SSSR count). The van der Waals surface area contributed by atoms with Crippen LogP contribution in [-0.4, -0.2) is 29.2 Å². The standard InChI is InChI=1S/C24H28N4O5/c1-3-4-14-27-22(25)21(23(30)26-24(27)31)28(15-17-10-6-5-7-11-17)20(29)16-33-19-13-9-8-12-18(19)32-2/h5-13H,3-4,14-16,25H2,1-2H3,(H,26,30,31). The Labute approximate surface area is 191 Å². The van der Waals surface area contributed by atoms with Crippen LogP contribution < -0.4 is 31.4 Å². The normalized spacial score (nSPS) is 10.6.